The second-order valence-electron chi connectivity index (χ2n) is 4.72. The average Bonchev–Trinajstić information content (AvgIpc) is 2.43. The third-order valence-electron chi connectivity index (χ3n) is 3.33. The molecule has 2 rings (SSSR count). The summed E-state index contributed by atoms with van der Waals surface area (Å²) in [5, 5.41) is 11.3. The Balaban J connectivity index is 0.00000180. The highest BCUT2D eigenvalue weighted by molar-refractivity contribution is 5.85. The van der Waals surface area contributed by atoms with Crippen molar-refractivity contribution in [2.45, 2.75) is 38.5 Å². The van der Waals surface area contributed by atoms with E-state index in [1.54, 1.807) is 0 Å². The second kappa shape index (κ2) is 8.89. The van der Waals surface area contributed by atoms with Crippen LogP contribution in [0.25, 0.3) is 10.8 Å². The number of unbranched alkanes of at least 4 members (excludes halogenated alkanes) is 4. The quantitative estimate of drug-likeness (QED) is 0.773. The van der Waals surface area contributed by atoms with Gasteiger partial charge in [-0.1, -0.05) is 43.5 Å². The van der Waals surface area contributed by atoms with Crippen molar-refractivity contribution in [3.05, 3.63) is 42.2 Å². The van der Waals surface area contributed by atoms with E-state index in [0.717, 1.165) is 19.3 Å². The van der Waals surface area contributed by atoms with Crippen molar-refractivity contribution in [1.82, 2.24) is 4.98 Å². The van der Waals surface area contributed by atoms with Gasteiger partial charge in [0, 0.05) is 23.9 Å². The molecule has 0 radical (unpaired) electrons. The summed E-state index contributed by atoms with van der Waals surface area (Å²) in [6, 6.07) is 10.5. The predicted molar refractivity (Wildman–Crippen MR) is 82.9 cm³/mol. The van der Waals surface area contributed by atoms with Crippen LogP contribution < -0.4 is 0 Å². The highest BCUT2D eigenvalue weighted by Gasteiger charge is 2.01. The van der Waals surface area contributed by atoms with E-state index in [0.29, 0.717) is 6.61 Å². The molecule has 104 valence electrons. The van der Waals surface area contributed by atoms with Gasteiger partial charge < -0.3 is 5.11 Å². The van der Waals surface area contributed by atoms with Gasteiger partial charge in [-0.2, -0.15) is 0 Å². The fourth-order valence-electron chi connectivity index (χ4n) is 2.32. The summed E-state index contributed by atoms with van der Waals surface area (Å²) in [7, 11) is 0. The van der Waals surface area contributed by atoms with Gasteiger partial charge >= 0.3 is 0 Å². The molecule has 1 N–H and O–H groups in total. The first-order valence-electron chi connectivity index (χ1n) is 6.85. The summed E-state index contributed by atoms with van der Waals surface area (Å²) in [4.78, 5) is 4.50. The second-order valence-corrected chi connectivity index (χ2v) is 4.72. The molecular weight excluding hydrogens is 258 g/mol. The van der Waals surface area contributed by atoms with Crippen molar-refractivity contribution < 1.29 is 5.11 Å². The van der Waals surface area contributed by atoms with Crippen LogP contribution in [0.4, 0.5) is 0 Å². The molecule has 0 aliphatic heterocycles. The van der Waals surface area contributed by atoms with Crippen LogP contribution in [0.15, 0.2) is 36.5 Å². The molecule has 0 atom stereocenters. The first-order valence-corrected chi connectivity index (χ1v) is 6.85. The van der Waals surface area contributed by atoms with Crippen molar-refractivity contribution in [2.75, 3.05) is 6.61 Å². The molecule has 0 saturated carbocycles. The van der Waals surface area contributed by atoms with Gasteiger partial charge in [-0.15, -0.1) is 12.4 Å². The van der Waals surface area contributed by atoms with E-state index in [1.165, 1.54) is 35.7 Å². The normalized spacial score (nSPS) is 10.4. The molecule has 2 nitrogen and oxygen atoms in total. The van der Waals surface area contributed by atoms with Gasteiger partial charge in [-0.05, 0) is 30.7 Å². The lowest BCUT2D eigenvalue weighted by Crippen LogP contribution is -1.92. The summed E-state index contributed by atoms with van der Waals surface area (Å²) in [6.45, 7) is 0.324. The molecule has 0 unspecified atom stereocenters. The number of hydrogen-bond acceptors (Lipinski definition) is 2. The Bertz CT molecular complexity index is 482. The maximum atomic E-state index is 8.71. The maximum absolute atomic E-state index is 8.71. The zero-order valence-corrected chi connectivity index (χ0v) is 12.0. The number of benzene rings is 1. The molecule has 2 aromatic rings. The van der Waals surface area contributed by atoms with Gasteiger partial charge in [0.15, 0.2) is 0 Å². The minimum atomic E-state index is 0. The number of aryl methyl sites for hydroxylation is 1. The van der Waals surface area contributed by atoms with Crippen LogP contribution in [0.3, 0.4) is 0 Å². The van der Waals surface area contributed by atoms with Crippen LogP contribution in [0.2, 0.25) is 0 Å². The number of aliphatic hydroxyl groups excluding tert-OH is 1. The number of pyridine rings is 1. The molecule has 0 fully saturated rings. The number of nitrogens with zero attached hydrogens (tertiary/aromatic N) is 1. The zero-order chi connectivity index (χ0) is 12.6. The van der Waals surface area contributed by atoms with Crippen LogP contribution in [0.1, 0.15) is 37.8 Å². The predicted octanol–water partition coefficient (Wildman–Crippen LogP) is 4.14. The van der Waals surface area contributed by atoms with Gasteiger partial charge in [-0.25, -0.2) is 0 Å². The lowest BCUT2D eigenvalue weighted by atomic mass is 10.0. The molecule has 1 aromatic heterocycles. The van der Waals surface area contributed by atoms with Crippen LogP contribution in [-0.4, -0.2) is 16.7 Å². The van der Waals surface area contributed by atoms with Crippen molar-refractivity contribution in [3.8, 4) is 0 Å². The number of fused-ring (bicyclic) bond motifs is 1. The number of aromatic nitrogens is 1. The van der Waals surface area contributed by atoms with Crippen molar-refractivity contribution in [3.63, 3.8) is 0 Å². The maximum Gasteiger partial charge on any atom is 0.0481 e. The highest BCUT2D eigenvalue weighted by Crippen LogP contribution is 2.18. The van der Waals surface area contributed by atoms with Crippen LogP contribution in [0.5, 0.6) is 0 Å². The summed E-state index contributed by atoms with van der Waals surface area (Å²) >= 11 is 0. The molecule has 0 aliphatic carbocycles. The van der Waals surface area contributed by atoms with Crippen molar-refractivity contribution in [2.24, 2.45) is 0 Å². The molecule has 0 aliphatic rings. The number of halogens is 1. The first kappa shape index (κ1) is 15.9. The third kappa shape index (κ3) is 4.81. The molecule has 0 amide bonds. The Morgan fingerprint density at radius 3 is 2.47 bits per heavy atom. The van der Waals surface area contributed by atoms with Crippen LogP contribution in [0, 0.1) is 0 Å². The van der Waals surface area contributed by atoms with Crippen LogP contribution >= 0.6 is 12.4 Å². The largest absolute Gasteiger partial charge is 0.396 e. The topological polar surface area (TPSA) is 33.1 Å². The summed E-state index contributed by atoms with van der Waals surface area (Å²) < 4.78 is 0. The van der Waals surface area contributed by atoms with Gasteiger partial charge in [-0.3, -0.25) is 4.98 Å². The minimum absolute atomic E-state index is 0. The Hall–Kier alpha value is -1.12. The van der Waals surface area contributed by atoms with Crippen LogP contribution in [-0.2, 0) is 6.42 Å². The SMILES string of the molecule is Cl.OCCCCCCCc1nccc2ccccc12. The fourth-order valence-corrected chi connectivity index (χ4v) is 2.32. The van der Waals surface area contributed by atoms with E-state index in [4.69, 9.17) is 5.11 Å². The smallest absolute Gasteiger partial charge is 0.0481 e. The summed E-state index contributed by atoms with van der Waals surface area (Å²) in [6.07, 6.45) is 8.67. The summed E-state index contributed by atoms with van der Waals surface area (Å²) in [5.41, 5.74) is 1.22. The Kier molecular flexibility index (Phi) is 7.46. The Morgan fingerprint density at radius 2 is 1.63 bits per heavy atom. The summed E-state index contributed by atoms with van der Waals surface area (Å²) in [5.74, 6) is 0. The first-order chi connectivity index (χ1) is 8.92. The third-order valence-corrected chi connectivity index (χ3v) is 3.33. The van der Waals surface area contributed by atoms with Gasteiger partial charge in [0.1, 0.15) is 0 Å². The zero-order valence-electron chi connectivity index (χ0n) is 11.2. The number of hydrogen-bond donors (Lipinski definition) is 1. The van der Waals surface area contributed by atoms with E-state index < -0.39 is 0 Å². The number of rotatable bonds is 7. The Labute approximate surface area is 121 Å². The molecule has 1 aromatic carbocycles. The molecular formula is C16H22ClNO. The lowest BCUT2D eigenvalue weighted by molar-refractivity contribution is 0.282. The highest BCUT2D eigenvalue weighted by atomic mass is 35.5. The minimum Gasteiger partial charge on any atom is -0.396 e. The number of aliphatic hydroxyl groups is 1. The standard InChI is InChI=1S/C16H21NO.ClH/c18-13-7-3-1-2-4-10-16-15-9-6-5-8-14(15)11-12-17-16;/h5-6,8-9,11-12,18H,1-4,7,10,13H2;1H. The van der Waals surface area contributed by atoms with Gasteiger partial charge in [0.25, 0.3) is 0 Å². The van der Waals surface area contributed by atoms with E-state index in [2.05, 4.69) is 35.3 Å². The van der Waals surface area contributed by atoms with Crippen molar-refractivity contribution in [1.29, 1.82) is 0 Å². The lowest BCUT2D eigenvalue weighted by Gasteiger charge is -2.05. The van der Waals surface area contributed by atoms with Gasteiger partial charge in [0.2, 0.25) is 0 Å². The average molecular weight is 280 g/mol. The molecule has 0 saturated heterocycles. The fraction of sp³-hybridized carbons (Fsp3) is 0.438. The van der Waals surface area contributed by atoms with E-state index in [1.807, 2.05) is 6.20 Å². The van der Waals surface area contributed by atoms with Crippen molar-refractivity contribution >= 4 is 23.2 Å². The van der Waals surface area contributed by atoms with E-state index >= 15 is 0 Å². The van der Waals surface area contributed by atoms with Gasteiger partial charge in [0.05, 0.1) is 0 Å². The molecule has 3 heteroatoms. The van der Waals surface area contributed by atoms with E-state index in [9.17, 15) is 0 Å². The monoisotopic (exact) mass is 279 g/mol. The van der Waals surface area contributed by atoms with E-state index in [-0.39, 0.29) is 12.4 Å². The molecule has 0 bridgehead atoms. The molecule has 19 heavy (non-hydrogen) atoms. The molecule has 1 heterocycles. The Morgan fingerprint density at radius 1 is 0.895 bits per heavy atom. The molecule has 0 spiro atoms.